The molecule has 0 amide bonds. The van der Waals surface area contributed by atoms with Crippen LogP contribution in [0.4, 0.5) is 17.1 Å². The standard InChI is InChI=1S/C14H13N3O5/c1-22-12-5-2-10(3-6-12)9-15-13-7-4-11(16(18)19)8-14(13)17(20)21/h2-8,15H,9H2,1H3. The number of non-ortho nitro benzene ring substituents is 1. The summed E-state index contributed by atoms with van der Waals surface area (Å²) in [7, 11) is 1.56. The molecule has 0 bridgehead atoms. The molecule has 0 spiro atoms. The summed E-state index contributed by atoms with van der Waals surface area (Å²) in [4.78, 5) is 20.4. The smallest absolute Gasteiger partial charge is 0.299 e. The lowest BCUT2D eigenvalue weighted by molar-refractivity contribution is -0.393. The topological polar surface area (TPSA) is 108 Å². The first-order chi connectivity index (χ1) is 10.5. The first-order valence-corrected chi connectivity index (χ1v) is 6.31. The number of nitro groups is 2. The summed E-state index contributed by atoms with van der Waals surface area (Å²) in [6.07, 6.45) is 0. The minimum Gasteiger partial charge on any atom is -0.497 e. The second-order valence-electron chi connectivity index (χ2n) is 4.42. The maximum absolute atomic E-state index is 11.0. The molecule has 0 aliphatic carbocycles. The lowest BCUT2D eigenvalue weighted by Crippen LogP contribution is -2.03. The van der Waals surface area contributed by atoms with Gasteiger partial charge < -0.3 is 10.1 Å². The Morgan fingerprint density at radius 2 is 1.73 bits per heavy atom. The summed E-state index contributed by atoms with van der Waals surface area (Å²) in [6, 6.07) is 10.7. The van der Waals surface area contributed by atoms with Crippen molar-refractivity contribution in [3.63, 3.8) is 0 Å². The summed E-state index contributed by atoms with van der Waals surface area (Å²) in [5.74, 6) is 0.713. The van der Waals surface area contributed by atoms with Crippen LogP contribution in [0.2, 0.25) is 0 Å². The van der Waals surface area contributed by atoms with E-state index < -0.39 is 9.85 Å². The Bertz CT molecular complexity index is 700. The van der Waals surface area contributed by atoms with Gasteiger partial charge in [-0.3, -0.25) is 20.2 Å². The zero-order valence-corrected chi connectivity index (χ0v) is 11.7. The predicted octanol–water partition coefficient (Wildman–Crippen LogP) is 3.12. The van der Waals surface area contributed by atoms with Crippen LogP contribution in [-0.4, -0.2) is 17.0 Å². The largest absolute Gasteiger partial charge is 0.497 e. The summed E-state index contributed by atoms with van der Waals surface area (Å²) in [5.41, 5.74) is 0.476. The maximum Gasteiger partial charge on any atom is 0.299 e. The molecule has 0 saturated carbocycles. The van der Waals surface area contributed by atoms with Crippen molar-refractivity contribution in [3.8, 4) is 5.75 Å². The van der Waals surface area contributed by atoms with Gasteiger partial charge in [0.1, 0.15) is 11.4 Å². The molecule has 0 unspecified atom stereocenters. The van der Waals surface area contributed by atoms with E-state index in [1.807, 2.05) is 12.1 Å². The molecule has 0 radical (unpaired) electrons. The van der Waals surface area contributed by atoms with E-state index in [1.54, 1.807) is 19.2 Å². The molecule has 0 fully saturated rings. The van der Waals surface area contributed by atoms with Gasteiger partial charge in [0.25, 0.3) is 11.4 Å². The van der Waals surface area contributed by atoms with Crippen LogP contribution >= 0.6 is 0 Å². The minimum absolute atomic E-state index is 0.228. The van der Waals surface area contributed by atoms with E-state index in [1.165, 1.54) is 12.1 Å². The van der Waals surface area contributed by atoms with E-state index in [0.29, 0.717) is 12.3 Å². The van der Waals surface area contributed by atoms with Gasteiger partial charge in [0.15, 0.2) is 0 Å². The van der Waals surface area contributed by atoms with Gasteiger partial charge in [0.2, 0.25) is 0 Å². The Morgan fingerprint density at radius 3 is 2.27 bits per heavy atom. The number of hydrogen-bond acceptors (Lipinski definition) is 6. The fourth-order valence-electron chi connectivity index (χ4n) is 1.87. The average molecular weight is 303 g/mol. The van der Waals surface area contributed by atoms with Crippen LogP contribution in [0.3, 0.4) is 0 Å². The van der Waals surface area contributed by atoms with Crippen LogP contribution in [0.5, 0.6) is 5.75 Å². The Balaban J connectivity index is 2.17. The molecule has 2 aromatic carbocycles. The van der Waals surface area contributed by atoms with Gasteiger partial charge in [0, 0.05) is 12.6 Å². The van der Waals surface area contributed by atoms with Crippen molar-refractivity contribution in [2.75, 3.05) is 12.4 Å². The number of nitro benzene ring substituents is 2. The summed E-state index contributed by atoms with van der Waals surface area (Å²) >= 11 is 0. The van der Waals surface area contributed by atoms with Gasteiger partial charge in [-0.15, -0.1) is 0 Å². The van der Waals surface area contributed by atoms with E-state index in [9.17, 15) is 20.2 Å². The Kier molecular flexibility index (Phi) is 4.52. The molecule has 0 aliphatic heterocycles. The van der Waals surface area contributed by atoms with Crippen molar-refractivity contribution in [2.45, 2.75) is 6.54 Å². The molecule has 22 heavy (non-hydrogen) atoms. The van der Waals surface area contributed by atoms with Gasteiger partial charge >= 0.3 is 0 Å². The van der Waals surface area contributed by atoms with Gasteiger partial charge in [-0.05, 0) is 23.8 Å². The van der Waals surface area contributed by atoms with E-state index in [4.69, 9.17) is 4.74 Å². The van der Waals surface area contributed by atoms with E-state index >= 15 is 0 Å². The highest BCUT2D eigenvalue weighted by Gasteiger charge is 2.19. The van der Waals surface area contributed by atoms with Crippen LogP contribution in [0.25, 0.3) is 0 Å². The summed E-state index contributed by atoms with van der Waals surface area (Å²) in [5, 5.41) is 24.6. The molecule has 0 aliphatic rings. The third-order valence-corrected chi connectivity index (χ3v) is 3.03. The molecule has 0 saturated heterocycles. The van der Waals surface area contributed by atoms with Gasteiger partial charge in [-0.25, -0.2) is 0 Å². The number of hydrogen-bond donors (Lipinski definition) is 1. The van der Waals surface area contributed by atoms with Crippen LogP contribution in [0.1, 0.15) is 5.56 Å². The van der Waals surface area contributed by atoms with E-state index in [-0.39, 0.29) is 17.1 Å². The third kappa shape index (κ3) is 3.48. The average Bonchev–Trinajstić information content (AvgIpc) is 2.53. The highest BCUT2D eigenvalue weighted by molar-refractivity contribution is 5.65. The van der Waals surface area contributed by atoms with Crippen molar-refractivity contribution in [3.05, 3.63) is 68.3 Å². The molecule has 8 nitrogen and oxygen atoms in total. The fourth-order valence-corrected chi connectivity index (χ4v) is 1.87. The molecule has 0 atom stereocenters. The number of benzene rings is 2. The predicted molar refractivity (Wildman–Crippen MR) is 80.1 cm³/mol. The Morgan fingerprint density at radius 1 is 1.05 bits per heavy atom. The second-order valence-corrected chi connectivity index (χ2v) is 4.42. The van der Waals surface area contributed by atoms with E-state index in [0.717, 1.165) is 11.6 Å². The monoisotopic (exact) mass is 303 g/mol. The van der Waals surface area contributed by atoms with Gasteiger partial charge in [0.05, 0.1) is 23.0 Å². The minimum atomic E-state index is -0.666. The first kappa shape index (κ1) is 15.2. The number of anilines is 1. The molecular formula is C14H13N3O5. The zero-order valence-electron chi connectivity index (χ0n) is 11.7. The van der Waals surface area contributed by atoms with Gasteiger partial charge in [-0.2, -0.15) is 0 Å². The highest BCUT2D eigenvalue weighted by atomic mass is 16.6. The summed E-state index contributed by atoms with van der Waals surface area (Å²) < 4.78 is 5.04. The maximum atomic E-state index is 11.0. The van der Waals surface area contributed by atoms with Gasteiger partial charge in [-0.1, -0.05) is 12.1 Å². The lowest BCUT2D eigenvalue weighted by atomic mass is 10.2. The molecule has 0 heterocycles. The third-order valence-electron chi connectivity index (χ3n) is 3.03. The summed E-state index contributed by atoms with van der Waals surface area (Å²) in [6.45, 7) is 0.350. The molecule has 2 aromatic rings. The molecule has 0 aromatic heterocycles. The Labute approximate surface area is 125 Å². The molecule has 114 valence electrons. The SMILES string of the molecule is COc1ccc(CNc2ccc([N+](=O)[O-])cc2[N+](=O)[O-])cc1. The quantitative estimate of drug-likeness (QED) is 0.648. The zero-order chi connectivity index (χ0) is 16.1. The van der Waals surface area contributed by atoms with Crippen LogP contribution in [-0.2, 0) is 6.54 Å². The van der Waals surface area contributed by atoms with Crippen LogP contribution in [0.15, 0.2) is 42.5 Å². The van der Waals surface area contributed by atoms with E-state index in [2.05, 4.69) is 5.32 Å². The molecular weight excluding hydrogens is 290 g/mol. The fraction of sp³-hybridized carbons (Fsp3) is 0.143. The second kappa shape index (κ2) is 6.53. The molecule has 2 rings (SSSR count). The molecule has 1 N–H and O–H groups in total. The van der Waals surface area contributed by atoms with Crippen molar-refractivity contribution in [1.29, 1.82) is 0 Å². The van der Waals surface area contributed by atoms with Crippen molar-refractivity contribution < 1.29 is 14.6 Å². The van der Waals surface area contributed by atoms with Crippen molar-refractivity contribution >= 4 is 17.1 Å². The number of methoxy groups -OCH3 is 1. The number of nitrogens with one attached hydrogen (secondary N) is 1. The highest BCUT2D eigenvalue weighted by Crippen LogP contribution is 2.29. The van der Waals surface area contributed by atoms with Crippen molar-refractivity contribution in [1.82, 2.24) is 0 Å². The van der Waals surface area contributed by atoms with Crippen LogP contribution in [0, 0.1) is 20.2 Å². The number of rotatable bonds is 6. The van der Waals surface area contributed by atoms with Crippen molar-refractivity contribution in [2.24, 2.45) is 0 Å². The lowest BCUT2D eigenvalue weighted by Gasteiger charge is -2.08. The van der Waals surface area contributed by atoms with Crippen LogP contribution < -0.4 is 10.1 Å². The number of nitrogens with zero attached hydrogens (tertiary/aromatic N) is 2. The Hall–Kier alpha value is -3.16. The number of ether oxygens (including phenoxy) is 1. The molecule has 8 heteroatoms. The first-order valence-electron chi connectivity index (χ1n) is 6.31. The normalized spacial score (nSPS) is 10.0.